The van der Waals surface area contributed by atoms with Crippen molar-refractivity contribution in [3.8, 4) is 11.8 Å². The average molecular weight is 323 g/mol. The van der Waals surface area contributed by atoms with Crippen LogP contribution in [-0.2, 0) is 9.59 Å². The lowest BCUT2D eigenvalue weighted by molar-refractivity contribution is -0.144. The van der Waals surface area contributed by atoms with Crippen molar-refractivity contribution in [2.75, 3.05) is 27.3 Å². The molecule has 0 aliphatic carbocycles. The number of nitrogens with two attached hydrogens (primary N) is 1. The van der Waals surface area contributed by atoms with Gasteiger partial charge in [-0.2, -0.15) is 4.98 Å². The van der Waals surface area contributed by atoms with Crippen LogP contribution in [0.15, 0.2) is 12.1 Å². The van der Waals surface area contributed by atoms with E-state index >= 15 is 0 Å². The van der Waals surface area contributed by atoms with Crippen molar-refractivity contribution < 1.29 is 24.2 Å². The van der Waals surface area contributed by atoms with Gasteiger partial charge < -0.3 is 20.3 Å². The Hall–Kier alpha value is -2.35. The van der Waals surface area contributed by atoms with E-state index in [0.29, 0.717) is 37.4 Å². The summed E-state index contributed by atoms with van der Waals surface area (Å²) in [5, 5.41) is 9.65. The fourth-order valence-electron chi connectivity index (χ4n) is 2.85. The van der Waals surface area contributed by atoms with Crippen LogP contribution >= 0.6 is 0 Å². The van der Waals surface area contributed by atoms with Crippen molar-refractivity contribution in [1.29, 1.82) is 0 Å². The molecule has 2 rings (SSSR count). The fourth-order valence-corrected chi connectivity index (χ4v) is 2.85. The van der Waals surface area contributed by atoms with Crippen LogP contribution in [0.3, 0.4) is 0 Å². The Morgan fingerprint density at radius 3 is 2.43 bits per heavy atom. The molecule has 1 aromatic heterocycles. The number of hydrogen-bond donors (Lipinski definition) is 2. The largest absolute Gasteiger partial charge is 0.481 e. The standard InChI is InChI=1S/C15H21N3O5/c1-22-11-4-3-10(14(17-11)23-2)12(15(20)21)18-7-5-9(6-8-18)13(16)19/h3-4,9,12H,5-8H2,1-2H3,(H2,16,19)(H,20,21)/t12-/m1/s1. The van der Waals surface area contributed by atoms with E-state index in [-0.39, 0.29) is 17.7 Å². The third-order valence-electron chi connectivity index (χ3n) is 4.09. The molecule has 1 saturated heterocycles. The van der Waals surface area contributed by atoms with Gasteiger partial charge in [0.15, 0.2) is 0 Å². The van der Waals surface area contributed by atoms with E-state index in [0.717, 1.165) is 0 Å². The van der Waals surface area contributed by atoms with Gasteiger partial charge in [0.2, 0.25) is 17.7 Å². The molecule has 8 heteroatoms. The summed E-state index contributed by atoms with van der Waals surface area (Å²) in [6.07, 6.45) is 1.09. The molecule has 1 atom stereocenters. The van der Waals surface area contributed by atoms with Gasteiger partial charge in [-0.25, -0.2) is 0 Å². The summed E-state index contributed by atoms with van der Waals surface area (Å²) >= 11 is 0. The van der Waals surface area contributed by atoms with E-state index in [1.807, 2.05) is 0 Å². The van der Waals surface area contributed by atoms with Crippen molar-refractivity contribution in [2.45, 2.75) is 18.9 Å². The number of hydrogen-bond acceptors (Lipinski definition) is 6. The molecule has 126 valence electrons. The van der Waals surface area contributed by atoms with Crippen LogP contribution in [0.1, 0.15) is 24.4 Å². The predicted octanol–water partition coefficient (Wildman–Crippen LogP) is 0.422. The first-order chi connectivity index (χ1) is 11.0. The van der Waals surface area contributed by atoms with Crippen molar-refractivity contribution in [3.63, 3.8) is 0 Å². The maximum Gasteiger partial charge on any atom is 0.325 e. The Morgan fingerprint density at radius 1 is 1.30 bits per heavy atom. The number of rotatable bonds is 6. The molecule has 0 bridgehead atoms. The van der Waals surface area contributed by atoms with E-state index < -0.39 is 12.0 Å². The van der Waals surface area contributed by atoms with Crippen LogP contribution < -0.4 is 15.2 Å². The van der Waals surface area contributed by atoms with Gasteiger partial charge in [-0.1, -0.05) is 0 Å². The maximum atomic E-state index is 11.8. The topological polar surface area (TPSA) is 115 Å². The number of aliphatic carboxylic acids is 1. The maximum absolute atomic E-state index is 11.8. The highest BCUT2D eigenvalue weighted by atomic mass is 16.5. The summed E-state index contributed by atoms with van der Waals surface area (Å²) in [6, 6.07) is 2.35. The van der Waals surface area contributed by atoms with Crippen LogP contribution in [0.4, 0.5) is 0 Å². The Kier molecular flexibility index (Phi) is 5.38. The third-order valence-corrected chi connectivity index (χ3v) is 4.09. The van der Waals surface area contributed by atoms with Crippen LogP contribution in [0.25, 0.3) is 0 Å². The number of pyridine rings is 1. The zero-order valence-corrected chi connectivity index (χ0v) is 13.2. The summed E-state index contributed by atoms with van der Waals surface area (Å²) in [5.74, 6) is -0.958. The number of likely N-dealkylation sites (tertiary alicyclic amines) is 1. The van der Waals surface area contributed by atoms with E-state index in [1.165, 1.54) is 14.2 Å². The predicted molar refractivity (Wildman–Crippen MR) is 81.2 cm³/mol. The molecule has 0 unspecified atom stereocenters. The number of nitrogens with zero attached hydrogens (tertiary/aromatic N) is 2. The molecular weight excluding hydrogens is 302 g/mol. The molecule has 0 spiro atoms. The molecule has 0 radical (unpaired) electrons. The van der Waals surface area contributed by atoms with Gasteiger partial charge in [-0.15, -0.1) is 0 Å². The van der Waals surface area contributed by atoms with Gasteiger partial charge in [-0.3, -0.25) is 14.5 Å². The van der Waals surface area contributed by atoms with E-state index in [4.69, 9.17) is 15.2 Å². The lowest BCUT2D eigenvalue weighted by Crippen LogP contribution is -2.43. The van der Waals surface area contributed by atoms with E-state index in [9.17, 15) is 14.7 Å². The monoisotopic (exact) mass is 323 g/mol. The molecule has 1 aromatic rings. The number of carboxylic acids is 1. The summed E-state index contributed by atoms with van der Waals surface area (Å²) in [4.78, 5) is 29.0. The summed E-state index contributed by atoms with van der Waals surface area (Å²) < 4.78 is 10.2. The fraction of sp³-hybridized carbons (Fsp3) is 0.533. The average Bonchev–Trinajstić information content (AvgIpc) is 2.55. The Morgan fingerprint density at radius 2 is 1.96 bits per heavy atom. The van der Waals surface area contributed by atoms with Crippen molar-refractivity contribution in [1.82, 2.24) is 9.88 Å². The quantitative estimate of drug-likeness (QED) is 0.779. The minimum absolute atomic E-state index is 0.198. The molecule has 0 saturated carbocycles. The van der Waals surface area contributed by atoms with Gasteiger partial charge in [-0.05, 0) is 18.9 Å². The van der Waals surface area contributed by atoms with Crippen LogP contribution in [-0.4, -0.2) is 54.2 Å². The second-order valence-corrected chi connectivity index (χ2v) is 5.41. The number of methoxy groups -OCH3 is 2. The van der Waals surface area contributed by atoms with Crippen LogP contribution in [0.2, 0.25) is 0 Å². The highest BCUT2D eigenvalue weighted by Gasteiger charge is 2.34. The molecule has 2 heterocycles. The van der Waals surface area contributed by atoms with Gasteiger partial charge in [0.25, 0.3) is 0 Å². The van der Waals surface area contributed by atoms with Crippen LogP contribution in [0, 0.1) is 5.92 Å². The highest BCUT2D eigenvalue weighted by Crippen LogP contribution is 2.32. The molecule has 1 aliphatic rings. The first kappa shape index (κ1) is 17.0. The van der Waals surface area contributed by atoms with Gasteiger partial charge in [0.1, 0.15) is 6.04 Å². The Bertz CT molecular complexity index is 584. The minimum atomic E-state index is -0.993. The number of carbonyl (C=O) groups excluding carboxylic acids is 1. The molecule has 23 heavy (non-hydrogen) atoms. The zero-order valence-electron chi connectivity index (χ0n) is 13.2. The molecule has 3 N–H and O–H groups in total. The summed E-state index contributed by atoms with van der Waals surface area (Å²) in [6.45, 7) is 0.944. The molecule has 1 fully saturated rings. The van der Waals surface area contributed by atoms with E-state index in [1.54, 1.807) is 17.0 Å². The first-order valence-electron chi connectivity index (χ1n) is 7.33. The number of amides is 1. The molecule has 0 aromatic carbocycles. The Labute approximate surface area is 134 Å². The van der Waals surface area contributed by atoms with Gasteiger partial charge in [0, 0.05) is 30.6 Å². The van der Waals surface area contributed by atoms with Crippen molar-refractivity contribution in [2.24, 2.45) is 11.7 Å². The SMILES string of the molecule is COc1ccc([C@H](C(=O)O)N2CCC(C(N)=O)CC2)c(OC)n1. The summed E-state index contributed by atoms with van der Waals surface area (Å²) in [5.41, 5.74) is 5.78. The lowest BCUT2D eigenvalue weighted by Gasteiger charge is -2.35. The number of aromatic nitrogens is 1. The lowest BCUT2D eigenvalue weighted by atomic mass is 9.94. The van der Waals surface area contributed by atoms with E-state index in [2.05, 4.69) is 4.98 Å². The van der Waals surface area contributed by atoms with Gasteiger partial charge >= 0.3 is 5.97 Å². The molecular formula is C15H21N3O5. The van der Waals surface area contributed by atoms with Crippen molar-refractivity contribution in [3.05, 3.63) is 17.7 Å². The number of ether oxygens (including phenoxy) is 2. The number of primary amides is 1. The summed E-state index contributed by atoms with van der Waals surface area (Å²) in [7, 11) is 2.91. The minimum Gasteiger partial charge on any atom is -0.481 e. The smallest absolute Gasteiger partial charge is 0.325 e. The molecule has 8 nitrogen and oxygen atoms in total. The molecule has 1 aliphatic heterocycles. The second-order valence-electron chi connectivity index (χ2n) is 5.41. The van der Waals surface area contributed by atoms with Crippen LogP contribution in [0.5, 0.6) is 11.8 Å². The Balaban J connectivity index is 2.26. The number of carbonyl (C=O) groups is 2. The third kappa shape index (κ3) is 3.70. The molecule has 1 amide bonds. The van der Waals surface area contributed by atoms with Gasteiger partial charge in [0.05, 0.1) is 14.2 Å². The first-order valence-corrected chi connectivity index (χ1v) is 7.33. The van der Waals surface area contributed by atoms with Crippen molar-refractivity contribution >= 4 is 11.9 Å². The highest BCUT2D eigenvalue weighted by molar-refractivity contribution is 5.78. The second kappa shape index (κ2) is 7.28. The zero-order chi connectivity index (χ0) is 17.0. The number of piperidine rings is 1. The number of carboxylic acid groups (broad SMARTS) is 1. The normalized spacial score (nSPS) is 17.5.